The van der Waals surface area contributed by atoms with Crippen molar-refractivity contribution in [2.75, 3.05) is 0 Å². The first kappa shape index (κ1) is 34.4. The van der Waals surface area contributed by atoms with Gasteiger partial charge in [-0.1, -0.05) is 123 Å². The van der Waals surface area contributed by atoms with Crippen molar-refractivity contribution in [3.63, 3.8) is 0 Å². The Labute approximate surface area is 267 Å². The van der Waals surface area contributed by atoms with Crippen LogP contribution in [-0.4, -0.2) is 44.8 Å². The molecule has 4 nitrogen and oxygen atoms in total. The maximum absolute atomic E-state index is 10.3. The molecule has 0 radical (unpaired) electrons. The lowest BCUT2D eigenvalue weighted by atomic mass is 9.63. The minimum Gasteiger partial charge on any atom is -0.393 e. The van der Waals surface area contributed by atoms with E-state index >= 15 is 0 Å². The van der Waals surface area contributed by atoms with Crippen molar-refractivity contribution < 1.29 is 19.7 Å². The zero-order valence-electron chi connectivity index (χ0n) is 28.8. The monoisotopic (exact) mass is 600 g/mol. The van der Waals surface area contributed by atoms with E-state index in [0.717, 1.165) is 12.8 Å². The Kier molecular flexibility index (Phi) is 9.66. The first-order valence-electron chi connectivity index (χ1n) is 16.3. The molecule has 0 aromatic carbocycles. The molecule has 4 aliphatic rings. The van der Waals surface area contributed by atoms with Gasteiger partial charge in [-0.05, 0) is 66.5 Å². The highest BCUT2D eigenvalue weighted by atomic mass is 16.6. The number of rotatable bonds is 10. The van der Waals surface area contributed by atoms with Crippen LogP contribution in [0.4, 0.5) is 0 Å². The molecule has 4 rings (SSSR count). The summed E-state index contributed by atoms with van der Waals surface area (Å²) in [5, 5.41) is 20.5. The van der Waals surface area contributed by atoms with E-state index in [9.17, 15) is 10.2 Å². The molecule has 2 heterocycles. The lowest BCUT2D eigenvalue weighted by Crippen LogP contribution is -2.46. The van der Waals surface area contributed by atoms with Crippen LogP contribution in [0.3, 0.4) is 0 Å². The number of aliphatic hydroxyl groups is 2. The summed E-state index contributed by atoms with van der Waals surface area (Å²) < 4.78 is 12.5. The third-order valence-corrected chi connectivity index (χ3v) is 10.4. The molecule has 4 fully saturated rings. The Balaban J connectivity index is 1.25. The molecule has 0 spiro atoms. The van der Waals surface area contributed by atoms with E-state index in [4.69, 9.17) is 9.47 Å². The largest absolute Gasteiger partial charge is 0.393 e. The minimum absolute atomic E-state index is 0.0969. The first-order valence-corrected chi connectivity index (χ1v) is 16.3. The van der Waals surface area contributed by atoms with Crippen molar-refractivity contribution in [1.82, 2.24) is 0 Å². The topological polar surface area (TPSA) is 65.5 Å². The number of epoxide rings is 2. The van der Waals surface area contributed by atoms with Gasteiger partial charge in [-0.3, -0.25) is 0 Å². The molecule has 0 amide bonds. The van der Waals surface area contributed by atoms with Crippen LogP contribution in [0, 0.1) is 10.8 Å². The molecule has 0 unspecified atom stereocenters. The van der Waals surface area contributed by atoms with Crippen molar-refractivity contribution in [2.45, 2.75) is 130 Å². The number of hydrogen-bond donors (Lipinski definition) is 2. The smallest absolute Gasteiger partial charge is 0.121 e. The number of hydrogen-bond acceptors (Lipinski definition) is 4. The maximum Gasteiger partial charge on any atom is 0.121 e. The van der Waals surface area contributed by atoms with Crippen LogP contribution < -0.4 is 0 Å². The van der Waals surface area contributed by atoms with Gasteiger partial charge < -0.3 is 19.7 Å². The Hall–Kier alpha value is -2.50. The molecule has 2 N–H and O–H groups in total. The number of allylic oxidation sites excluding steroid dienone is 16. The predicted molar refractivity (Wildman–Crippen MR) is 183 cm³/mol. The van der Waals surface area contributed by atoms with Crippen LogP contribution in [-0.2, 0) is 9.47 Å². The number of ether oxygens (including phenoxy) is 2. The zero-order chi connectivity index (χ0) is 32.6. The van der Waals surface area contributed by atoms with E-state index in [1.54, 1.807) is 0 Å². The summed E-state index contributed by atoms with van der Waals surface area (Å²) in [5.41, 5.74) is 3.36. The van der Waals surface area contributed by atoms with Gasteiger partial charge in [0, 0.05) is 23.7 Å². The molecule has 2 aliphatic carbocycles. The Bertz CT molecular complexity index is 1270. The zero-order valence-corrected chi connectivity index (χ0v) is 28.8. The highest BCUT2D eigenvalue weighted by molar-refractivity contribution is 5.38. The molecule has 2 aliphatic heterocycles. The molecule has 2 saturated carbocycles. The second-order valence-corrected chi connectivity index (χ2v) is 15.4. The second-order valence-electron chi connectivity index (χ2n) is 15.4. The molecular formula is C40H56O4. The summed E-state index contributed by atoms with van der Waals surface area (Å²) in [6, 6.07) is 0. The highest BCUT2D eigenvalue weighted by Gasteiger charge is 2.75. The average molecular weight is 601 g/mol. The van der Waals surface area contributed by atoms with Crippen LogP contribution in [0.25, 0.3) is 0 Å². The Morgan fingerprint density at radius 3 is 1.16 bits per heavy atom. The van der Waals surface area contributed by atoms with E-state index in [1.165, 1.54) is 22.3 Å². The summed E-state index contributed by atoms with van der Waals surface area (Å²) >= 11 is 0. The quantitative estimate of drug-likeness (QED) is 0.194. The second kappa shape index (κ2) is 12.4. The van der Waals surface area contributed by atoms with Gasteiger partial charge in [0.1, 0.15) is 22.4 Å². The fraction of sp³-hybridized carbons (Fsp3) is 0.550. The van der Waals surface area contributed by atoms with E-state index in [-0.39, 0.29) is 45.4 Å². The summed E-state index contributed by atoms with van der Waals surface area (Å²) in [5.74, 6) is 0. The fourth-order valence-electron chi connectivity index (χ4n) is 7.99. The summed E-state index contributed by atoms with van der Waals surface area (Å²) in [6.07, 6.45) is 32.0. The van der Waals surface area contributed by atoms with Gasteiger partial charge in [0.05, 0.1) is 12.2 Å². The van der Waals surface area contributed by atoms with Gasteiger partial charge in [-0.25, -0.2) is 0 Å². The third-order valence-electron chi connectivity index (χ3n) is 10.4. The van der Waals surface area contributed by atoms with E-state index in [2.05, 4.69) is 154 Å². The van der Waals surface area contributed by atoms with Crippen molar-refractivity contribution in [3.8, 4) is 0 Å². The average Bonchev–Trinajstić information content (AvgIpc) is 3.73. The lowest BCUT2D eigenvalue weighted by Gasteiger charge is -2.39. The van der Waals surface area contributed by atoms with Crippen LogP contribution >= 0.6 is 0 Å². The molecule has 2 saturated heterocycles. The van der Waals surface area contributed by atoms with Gasteiger partial charge in [0.15, 0.2) is 0 Å². The summed E-state index contributed by atoms with van der Waals surface area (Å²) in [7, 11) is 0. The lowest BCUT2D eigenvalue weighted by molar-refractivity contribution is 0.0510. The van der Waals surface area contributed by atoms with E-state index in [1.807, 2.05) is 0 Å². The van der Waals surface area contributed by atoms with Crippen LogP contribution in [0.1, 0.15) is 94.9 Å². The molecule has 0 aromatic rings. The minimum atomic E-state index is -0.294. The highest BCUT2D eigenvalue weighted by Crippen LogP contribution is 2.67. The predicted octanol–water partition coefficient (Wildman–Crippen LogP) is 8.97. The first-order chi connectivity index (χ1) is 20.4. The van der Waals surface area contributed by atoms with Gasteiger partial charge >= 0.3 is 0 Å². The molecule has 4 heteroatoms. The normalized spacial score (nSPS) is 39.2. The molecule has 0 aromatic heterocycles. The maximum atomic E-state index is 10.3. The van der Waals surface area contributed by atoms with Crippen molar-refractivity contribution in [3.05, 3.63) is 107 Å². The molecule has 240 valence electrons. The standard InChI is InChI=1S/C40H56O4/c1-29(17-13-19-31(3)21-23-39-35(5,6)25-33(41)27-37(39,9)43-39)15-11-12-16-30(2)18-14-20-32(4)22-24-40-36(7,8)26-34(42)28-38(40,10)44-40/h11-24,33-34,41-42H,25-28H2,1-10H3/b12-11+,17-13+,18-14+,23-21+,24-22+,29-15-,30-16+,31-19+,32-20+/t33-,34-,37-,38+,39+,40-/m0/s1. The molecule has 6 atom stereocenters. The van der Waals surface area contributed by atoms with Crippen molar-refractivity contribution >= 4 is 0 Å². The van der Waals surface area contributed by atoms with Crippen LogP contribution in [0.2, 0.25) is 0 Å². The summed E-state index contributed by atoms with van der Waals surface area (Å²) in [6.45, 7) is 21.4. The van der Waals surface area contributed by atoms with E-state index in [0.29, 0.717) is 12.8 Å². The van der Waals surface area contributed by atoms with Gasteiger partial charge in [-0.15, -0.1) is 0 Å². The Morgan fingerprint density at radius 1 is 0.500 bits per heavy atom. The number of fused-ring (bicyclic) bond motifs is 2. The number of aliphatic hydroxyl groups excluding tert-OH is 2. The van der Waals surface area contributed by atoms with E-state index < -0.39 is 0 Å². The van der Waals surface area contributed by atoms with Crippen LogP contribution in [0.15, 0.2) is 107 Å². The van der Waals surface area contributed by atoms with Gasteiger partial charge in [0.2, 0.25) is 0 Å². The molecule has 0 bridgehead atoms. The summed E-state index contributed by atoms with van der Waals surface area (Å²) in [4.78, 5) is 0. The van der Waals surface area contributed by atoms with Gasteiger partial charge in [0.25, 0.3) is 0 Å². The fourth-order valence-corrected chi connectivity index (χ4v) is 7.99. The van der Waals surface area contributed by atoms with Crippen LogP contribution in [0.5, 0.6) is 0 Å². The van der Waals surface area contributed by atoms with Crippen molar-refractivity contribution in [1.29, 1.82) is 0 Å². The molecular weight excluding hydrogens is 544 g/mol. The van der Waals surface area contributed by atoms with Crippen molar-refractivity contribution in [2.24, 2.45) is 10.8 Å². The SMILES string of the molecule is CC(=C/C=C/C=C(C)/C=C/C=C(C)/C=C/[C@@]12O[C@]1(C)C[C@@H](O)CC2(C)C)/C=C/C=C(C)/C=C/[C@]12O[C@@]1(C)C[C@@H](O)CC2(C)C. The Morgan fingerprint density at radius 2 is 0.818 bits per heavy atom. The third kappa shape index (κ3) is 6.84. The molecule has 44 heavy (non-hydrogen) atoms. The van der Waals surface area contributed by atoms with Gasteiger partial charge in [-0.2, -0.15) is 0 Å².